The van der Waals surface area contributed by atoms with Gasteiger partial charge in [0.15, 0.2) is 0 Å². The Bertz CT molecular complexity index is 207. The third-order valence-electron chi connectivity index (χ3n) is 1.74. The predicted molar refractivity (Wildman–Crippen MR) is 74.9 cm³/mol. The molecule has 0 saturated carbocycles. The Labute approximate surface area is 99.5 Å². The van der Waals surface area contributed by atoms with Crippen LogP contribution in [0.5, 0.6) is 0 Å². The van der Waals surface area contributed by atoms with Gasteiger partial charge < -0.3 is 5.73 Å². The molecule has 1 nitrogen and oxygen atoms in total. The quantitative estimate of drug-likeness (QED) is 0.677. The van der Waals surface area contributed by atoms with Gasteiger partial charge >= 0.3 is 0 Å². The summed E-state index contributed by atoms with van der Waals surface area (Å²) in [5, 5.41) is 1.76. The summed E-state index contributed by atoms with van der Waals surface area (Å²) in [5.41, 5.74) is 7.26. The van der Waals surface area contributed by atoms with Crippen LogP contribution in [0.15, 0.2) is 35.1 Å². The van der Waals surface area contributed by atoms with Crippen molar-refractivity contribution >= 4 is 11.8 Å². The van der Waals surface area contributed by atoms with E-state index in [1.54, 1.807) is 5.41 Å². The molecule has 0 aliphatic carbocycles. The van der Waals surface area contributed by atoms with Crippen molar-refractivity contribution in [1.29, 1.82) is 0 Å². The van der Waals surface area contributed by atoms with Gasteiger partial charge in [0.05, 0.1) is 0 Å². The second-order valence-corrected chi connectivity index (χ2v) is 4.11. The zero-order chi connectivity index (χ0) is 12.3. The minimum atomic E-state index is 0.0470. The third-order valence-corrected chi connectivity index (χ3v) is 2.51. The number of rotatable bonds is 6. The largest absolute Gasteiger partial charge is 0.323 e. The van der Waals surface area contributed by atoms with Crippen LogP contribution >= 0.6 is 11.8 Å². The van der Waals surface area contributed by atoms with Gasteiger partial charge in [0.2, 0.25) is 0 Å². The fraction of sp³-hybridized carbons (Fsp3) is 0.538. The molecule has 0 aromatic rings. The minimum absolute atomic E-state index is 0.0470. The first kappa shape index (κ1) is 16.9. The first-order chi connectivity index (χ1) is 7.11. The van der Waals surface area contributed by atoms with Gasteiger partial charge in [-0.3, -0.25) is 0 Å². The molecule has 2 N–H and O–H groups in total. The Morgan fingerprint density at radius 1 is 1.47 bits per heavy atom. The molecule has 0 aromatic carbocycles. The lowest BCUT2D eigenvalue weighted by Gasteiger charge is -2.12. The molecule has 0 amide bonds. The zero-order valence-electron chi connectivity index (χ0n) is 10.5. The van der Waals surface area contributed by atoms with Crippen molar-refractivity contribution in [3.05, 3.63) is 35.1 Å². The van der Waals surface area contributed by atoms with Gasteiger partial charge in [-0.25, -0.2) is 0 Å². The molecule has 0 aliphatic heterocycles. The number of allylic oxidation sites excluding steroid dienone is 1. The van der Waals surface area contributed by atoms with Crippen LogP contribution in [0.25, 0.3) is 0 Å². The Morgan fingerprint density at radius 3 is 2.40 bits per heavy atom. The van der Waals surface area contributed by atoms with Gasteiger partial charge in [0.25, 0.3) is 0 Å². The maximum atomic E-state index is 5.93. The van der Waals surface area contributed by atoms with Crippen LogP contribution in [0.4, 0.5) is 0 Å². The van der Waals surface area contributed by atoms with Crippen LogP contribution in [0.3, 0.4) is 0 Å². The van der Waals surface area contributed by atoms with Crippen LogP contribution < -0.4 is 5.73 Å². The lowest BCUT2D eigenvalue weighted by molar-refractivity contribution is 0.788. The molecule has 0 radical (unpaired) electrons. The Balaban J connectivity index is 0. The number of hydrogen-bond donors (Lipinski definition) is 1. The molecule has 0 aromatic heterocycles. The fourth-order valence-electron chi connectivity index (χ4n) is 1.09. The summed E-state index contributed by atoms with van der Waals surface area (Å²) in [6, 6.07) is 0.0470. The van der Waals surface area contributed by atoms with E-state index in [9.17, 15) is 0 Å². The molecule has 0 aliphatic rings. The molecule has 2 heteroatoms. The smallest absolute Gasteiger partial charge is 0.0389 e. The Kier molecular flexibility index (Phi) is 13.1. The van der Waals surface area contributed by atoms with E-state index in [4.69, 9.17) is 5.73 Å². The monoisotopic (exact) mass is 227 g/mol. The van der Waals surface area contributed by atoms with Crippen molar-refractivity contribution in [2.75, 3.05) is 0 Å². The van der Waals surface area contributed by atoms with Crippen LogP contribution in [0, 0.1) is 0 Å². The van der Waals surface area contributed by atoms with Crippen molar-refractivity contribution in [2.45, 2.75) is 46.6 Å². The zero-order valence-corrected chi connectivity index (χ0v) is 11.4. The first-order valence-corrected chi connectivity index (χ1v) is 6.37. The van der Waals surface area contributed by atoms with Crippen molar-refractivity contribution in [1.82, 2.24) is 0 Å². The molecule has 0 saturated heterocycles. The molecular weight excluding hydrogens is 202 g/mol. The highest BCUT2D eigenvalue weighted by molar-refractivity contribution is 8.05. The van der Waals surface area contributed by atoms with Gasteiger partial charge in [-0.05, 0) is 30.1 Å². The third kappa shape index (κ3) is 9.83. The van der Waals surface area contributed by atoms with Crippen molar-refractivity contribution in [2.24, 2.45) is 5.73 Å². The minimum Gasteiger partial charge on any atom is -0.323 e. The van der Waals surface area contributed by atoms with Gasteiger partial charge in [-0.2, -0.15) is 0 Å². The van der Waals surface area contributed by atoms with E-state index in [0.29, 0.717) is 0 Å². The number of hydrogen-bond acceptors (Lipinski definition) is 2. The van der Waals surface area contributed by atoms with Gasteiger partial charge in [-0.1, -0.05) is 45.6 Å². The Morgan fingerprint density at radius 2 is 2.00 bits per heavy atom. The van der Waals surface area contributed by atoms with E-state index in [-0.39, 0.29) is 6.04 Å². The van der Waals surface area contributed by atoms with Crippen LogP contribution in [-0.4, -0.2) is 6.04 Å². The van der Waals surface area contributed by atoms with E-state index in [0.717, 1.165) is 17.7 Å². The molecule has 88 valence electrons. The standard InChI is InChI=1S/C11H19NS.C2H6/c1-5-7-9(3)8-11(12)10(4)13-6-2;1-2/h6-7,11H,2,4-5,8,12H2,1,3H3;1-2H3/b9-7-;. The summed E-state index contributed by atoms with van der Waals surface area (Å²) in [5.74, 6) is 0. The van der Waals surface area contributed by atoms with E-state index in [2.05, 4.69) is 33.1 Å². The van der Waals surface area contributed by atoms with Crippen LogP contribution in [-0.2, 0) is 0 Å². The Hall–Kier alpha value is -0.470. The average Bonchev–Trinajstić information content (AvgIpc) is 2.21. The highest BCUT2D eigenvalue weighted by atomic mass is 32.2. The maximum absolute atomic E-state index is 5.93. The molecule has 0 bridgehead atoms. The average molecular weight is 227 g/mol. The highest BCUT2D eigenvalue weighted by Crippen LogP contribution is 2.20. The lowest BCUT2D eigenvalue weighted by Crippen LogP contribution is -2.20. The van der Waals surface area contributed by atoms with E-state index < -0.39 is 0 Å². The van der Waals surface area contributed by atoms with Gasteiger partial charge in [-0.15, -0.1) is 11.8 Å². The van der Waals surface area contributed by atoms with Gasteiger partial charge in [0, 0.05) is 6.04 Å². The van der Waals surface area contributed by atoms with Gasteiger partial charge in [0.1, 0.15) is 0 Å². The number of thioether (sulfide) groups is 1. The second-order valence-electron chi connectivity index (χ2n) is 3.02. The van der Waals surface area contributed by atoms with E-state index >= 15 is 0 Å². The molecular formula is C13H25NS. The maximum Gasteiger partial charge on any atom is 0.0389 e. The predicted octanol–water partition coefficient (Wildman–Crippen LogP) is 4.48. The van der Waals surface area contributed by atoms with Crippen LogP contribution in [0.2, 0.25) is 0 Å². The summed E-state index contributed by atoms with van der Waals surface area (Å²) < 4.78 is 0. The van der Waals surface area contributed by atoms with E-state index in [1.165, 1.54) is 17.3 Å². The SMILES string of the molecule is C=CSC(=C)C(N)C/C(C)=C\CC.CC. The highest BCUT2D eigenvalue weighted by Gasteiger charge is 2.06. The molecule has 0 heterocycles. The molecule has 1 atom stereocenters. The summed E-state index contributed by atoms with van der Waals surface area (Å²) in [6.45, 7) is 15.8. The molecule has 0 rings (SSSR count). The summed E-state index contributed by atoms with van der Waals surface area (Å²) in [4.78, 5) is 0.985. The summed E-state index contributed by atoms with van der Waals surface area (Å²) in [7, 11) is 0. The van der Waals surface area contributed by atoms with Crippen LogP contribution in [0.1, 0.15) is 40.5 Å². The molecule has 0 spiro atoms. The van der Waals surface area contributed by atoms with Crippen molar-refractivity contribution < 1.29 is 0 Å². The second kappa shape index (κ2) is 11.6. The molecule has 0 fully saturated rings. The fourth-order valence-corrected chi connectivity index (χ4v) is 1.56. The van der Waals surface area contributed by atoms with E-state index in [1.807, 2.05) is 13.8 Å². The topological polar surface area (TPSA) is 26.0 Å². The summed E-state index contributed by atoms with van der Waals surface area (Å²) in [6.07, 6.45) is 4.17. The van der Waals surface area contributed by atoms with Crippen molar-refractivity contribution in [3.8, 4) is 0 Å². The summed E-state index contributed by atoms with van der Waals surface area (Å²) >= 11 is 1.52. The molecule has 1 unspecified atom stereocenters. The normalized spacial score (nSPS) is 12.5. The first-order valence-electron chi connectivity index (χ1n) is 5.49. The van der Waals surface area contributed by atoms with Crippen molar-refractivity contribution in [3.63, 3.8) is 0 Å². The molecule has 15 heavy (non-hydrogen) atoms. The number of nitrogens with two attached hydrogens (primary N) is 1. The lowest BCUT2D eigenvalue weighted by atomic mass is 10.1.